The van der Waals surface area contributed by atoms with Crippen molar-refractivity contribution in [2.24, 2.45) is 5.92 Å². The Hall–Kier alpha value is -2.51. The van der Waals surface area contributed by atoms with Gasteiger partial charge in [0.15, 0.2) is 0 Å². The van der Waals surface area contributed by atoms with E-state index in [0.29, 0.717) is 6.07 Å². The average Bonchev–Trinajstić information content (AvgIpc) is 2.52. The summed E-state index contributed by atoms with van der Waals surface area (Å²) >= 11 is 0. The lowest BCUT2D eigenvalue weighted by Crippen LogP contribution is -2.43. The van der Waals surface area contributed by atoms with E-state index in [4.69, 9.17) is 0 Å². The smallest absolute Gasteiger partial charge is 0.328 e. The molecule has 1 aromatic rings. The lowest BCUT2D eigenvalue weighted by atomic mass is 10.0. The molecule has 23 heavy (non-hydrogen) atoms. The molecule has 0 aliphatic heterocycles. The summed E-state index contributed by atoms with van der Waals surface area (Å²) in [7, 11) is 2.31. The summed E-state index contributed by atoms with van der Waals surface area (Å²) < 4.78 is 35.5. The van der Waals surface area contributed by atoms with Crippen LogP contribution in [0.4, 0.5) is 8.78 Å². The molecule has 0 saturated heterocycles. The van der Waals surface area contributed by atoms with Gasteiger partial charge < -0.3 is 14.8 Å². The lowest BCUT2D eigenvalue weighted by Gasteiger charge is -2.19. The topological polar surface area (TPSA) is 81.7 Å². The molecule has 6 nitrogen and oxygen atoms in total. The van der Waals surface area contributed by atoms with Gasteiger partial charge >= 0.3 is 11.9 Å². The van der Waals surface area contributed by atoms with Crippen LogP contribution in [0.15, 0.2) is 18.2 Å². The number of rotatable bonds is 6. The first-order valence-electron chi connectivity index (χ1n) is 6.71. The van der Waals surface area contributed by atoms with Crippen LogP contribution < -0.4 is 5.32 Å². The number of carbonyl (C=O) groups is 3. The molecule has 0 heterocycles. The largest absolute Gasteiger partial charge is 0.469 e. The maximum Gasteiger partial charge on any atom is 0.328 e. The minimum absolute atomic E-state index is 0.0894. The van der Waals surface area contributed by atoms with Crippen molar-refractivity contribution in [1.29, 1.82) is 0 Å². The van der Waals surface area contributed by atoms with Crippen LogP contribution in [0.1, 0.15) is 23.7 Å². The molecule has 0 aromatic heterocycles. The fourth-order valence-electron chi connectivity index (χ4n) is 1.92. The number of esters is 2. The van der Waals surface area contributed by atoms with Gasteiger partial charge in [-0.3, -0.25) is 9.59 Å². The highest BCUT2D eigenvalue weighted by Crippen LogP contribution is 2.13. The molecule has 0 radical (unpaired) electrons. The molecule has 8 heteroatoms. The zero-order chi connectivity index (χ0) is 17.6. The van der Waals surface area contributed by atoms with Gasteiger partial charge in [0.2, 0.25) is 0 Å². The predicted molar refractivity (Wildman–Crippen MR) is 75.4 cm³/mol. The Balaban J connectivity index is 2.90. The highest BCUT2D eigenvalue weighted by molar-refractivity contribution is 5.97. The Kier molecular flexibility index (Phi) is 6.62. The monoisotopic (exact) mass is 329 g/mol. The lowest BCUT2D eigenvalue weighted by molar-refractivity contribution is -0.147. The van der Waals surface area contributed by atoms with Gasteiger partial charge in [0.1, 0.15) is 17.7 Å². The van der Waals surface area contributed by atoms with Crippen LogP contribution in [0.5, 0.6) is 0 Å². The number of halogens is 2. The van der Waals surface area contributed by atoms with Crippen LogP contribution in [-0.4, -0.2) is 38.1 Å². The van der Waals surface area contributed by atoms with Gasteiger partial charge in [0.05, 0.1) is 25.7 Å². The molecule has 0 bridgehead atoms. The van der Waals surface area contributed by atoms with E-state index < -0.39 is 47.0 Å². The summed E-state index contributed by atoms with van der Waals surface area (Å²) in [5, 5.41) is 2.27. The molecule has 0 saturated carbocycles. The summed E-state index contributed by atoms with van der Waals surface area (Å²) in [6, 6.07) is 1.26. The van der Waals surface area contributed by atoms with E-state index in [1.165, 1.54) is 14.0 Å². The Morgan fingerprint density at radius 3 is 2.26 bits per heavy atom. The SMILES string of the molecule is COC(=O)[C@H](C[C@H](C)C(=O)OC)NC(=O)c1ccc(F)cc1F. The van der Waals surface area contributed by atoms with E-state index in [9.17, 15) is 23.2 Å². The quantitative estimate of drug-likeness (QED) is 0.799. The van der Waals surface area contributed by atoms with Crippen molar-refractivity contribution in [3.63, 3.8) is 0 Å². The molecule has 1 N–H and O–H groups in total. The summed E-state index contributed by atoms with van der Waals surface area (Å²) in [4.78, 5) is 35.2. The Labute approximate surface area is 131 Å². The van der Waals surface area contributed by atoms with E-state index in [0.717, 1.165) is 19.2 Å². The highest BCUT2D eigenvalue weighted by atomic mass is 19.1. The molecule has 1 rings (SSSR count). The van der Waals surface area contributed by atoms with Gasteiger partial charge in [0.25, 0.3) is 5.91 Å². The van der Waals surface area contributed by atoms with Gasteiger partial charge in [0, 0.05) is 6.07 Å². The van der Waals surface area contributed by atoms with Crippen molar-refractivity contribution in [1.82, 2.24) is 5.32 Å². The fourth-order valence-corrected chi connectivity index (χ4v) is 1.92. The number of hydrogen-bond donors (Lipinski definition) is 1. The van der Waals surface area contributed by atoms with Crippen molar-refractivity contribution >= 4 is 17.8 Å². The predicted octanol–water partition coefficient (Wildman–Crippen LogP) is 1.44. The second-order valence-electron chi connectivity index (χ2n) is 4.83. The van der Waals surface area contributed by atoms with E-state index in [-0.39, 0.29) is 6.42 Å². The second kappa shape index (κ2) is 8.21. The summed E-state index contributed by atoms with van der Waals surface area (Å²) in [5.74, 6) is -4.87. The summed E-state index contributed by atoms with van der Waals surface area (Å²) in [6.45, 7) is 1.51. The van der Waals surface area contributed by atoms with Crippen LogP contribution >= 0.6 is 0 Å². The van der Waals surface area contributed by atoms with Crippen molar-refractivity contribution < 1.29 is 32.6 Å². The van der Waals surface area contributed by atoms with Crippen molar-refractivity contribution in [2.45, 2.75) is 19.4 Å². The van der Waals surface area contributed by atoms with Crippen molar-refractivity contribution in [3.05, 3.63) is 35.4 Å². The maximum atomic E-state index is 13.6. The molecule has 0 spiro atoms. The number of amides is 1. The average molecular weight is 329 g/mol. The van der Waals surface area contributed by atoms with Gasteiger partial charge in [-0.25, -0.2) is 13.6 Å². The Morgan fingerprint density at radius 2 is 1.74 bits per heavy atom. The van der Waals surface area contributed by atoms with Crippen molar-refractivity contribution in [3.8, 4) is 0 Å². The number of hydrogen-bond acceptors (Lipinski definition) is 5. The molecule has 1 amide bonds. The van der Waals surface area contributed by atoms with Gasteiger partial charge in [-0.15, -0.1) is 0 Å². The second-order valence-corrected chi connectivity index (χ2v) is 4.83. The van der Waals surface area contributed by atoms with Crippen LogP contribution in [0, 0.1) is 17.6 Å². The number of benzene rings is 1. The first kappa shape index (κ1) is 18.5. The van der Waals surface area contributed by atoms with Gasteiger partial charge in [-0.1, -0.05) is 6.92 Å². The normalized spacial score (nSPS) is 12.9. The third-order valence-electron chi connectivity index (χ3n) is 3.16. The third-order valence-corrected chi connectivity index (χ3v) is 3.16. The number of ether oxygens (including phenoxy) is 2. The molecular formula is C15H17F2NO5. The van der Waals surface area contributed by atoms with Crippen LogP contribution in [0.2, 0.25) is 0 Å². The first-order valence-corrected chi connectivity index (χ1v) is 6.71. The van der Waals surface area contributed by atoms with Gasteiger partial charge in [-0.2, -0.15) is 0 Å². The Bertz CT molecular complexity index is 606. The third kappa shape index (κ3) is 5.01. The van der Waals surface area contributed by atoms with E-state index in [2.05, 4.69) is 14.8 Å². The zero-order valence-electron chi connectivity index (χ0n) is 12.9. The minimum Gasteiger partial charge on any atom is -0.469 e. The van der Waals surface area contributed by atoms with Gasteiger partial charge in [-0.05, 0) is 18.6 Å². The number of nitrogens with one attached hydrogen (secondary N) is 1. The number of carbonyl (C=O) groups excluding carboxylic acids is 3. The van der Waals surface area contributed by atoms with Crippen LogP contribution in [-0.2, 0) is 19.1 Å². The fraction of sp³-hybridized carbons (Fsp3) is 0.400. The number of methoxy groups -OCH3 is 2. The molecule has 0 fully saturated rings. The van der Waals surface area contributed by atoms with E-state index >= 15 is 0 Å². The van der Waals surface area contributed by atoms with E-state index in [1.54, 1.807) is 0 Å². The van der Waals surface area contributed by atoms with E-state index in [1.807, 2.05) is 0 Å². The van der Waals surface area contributed by atoms with Crippen molar-refractivity contribution in [2.75, 3.05) is 14.2 Å². The molecule has 0 aliphatic carbocycles. The molecule has 126 valence electrons. The van der Waals surface area contributed by atoms with Crippen LogP contribution in [0.25, 0.3) is 0 Å². The molecule has 0 aliphatic rings. The molecular weight excluding hydrogens is 312 g/mol. The summed E-state index contributed by atoms with van der Waals surface area (Å²) in [6.07, 6.45) is -0.0894. The minimum atomic E-state index is -1.17. The molecule has 2 atom stereocenters. The Morgan fingerprint density at radius 1 is 1.13 bits per heavy atom. The highest BCUT2D eigenvalue weighted by Gasteiger charge is 2.28. The summed E-state index contributed by atoms with van der Waals surface area (Å²) in [5.41, 5.74) is -0.425. The zero-order valence-corrected chi connectivity index (χ0v) is 12.9. The standard InChI is InChI=1S/C15H17F2NO5/c1-8(14(20)22-2)6-12(15(21)23-3)18-13(19)10-5-4-9(16)7-11(10)17/h4-5,7-8,12H,6H2,1-3H3,(H,18,19)/t8-,12-/m0/s1. The maximum absolute atomic E-state index is 13.6. The molecule has 0 unspecified atom stereocenters. The van der Waals surface area contributed by atoms with Crippen LogP contribution in [0.3, 0.4) is 0 Å². The first-order chi connectivity index (χ1) is 10.8. The molecule has 1 aromatic carbocycles.